The molecule has 0 radical (unpaired) electrons. The summed E-state index contributed by atoms with van der Waals surface area (Å²) >= 11 is 0. The van der Waals surface area contributed by atoms with E-state index in [1.54, 1.807) is 7.11 Å². The van der Waals surface area contributed by atoms with Gasteiger partial charge in [-0.05, 0) is 29.8 Å². The van der Waals surface area contributed by atoms with Crippen LogP contribution in [0.25, 0.3) is 0 Å². The first-order valence-electron chi connectivity index (χ1n) is 5.78. The number of rotatable bonds is 5. The van der Waals surface area contributed by atoms with E-state index in [0.29, 0.717) is 6.61 Å². The van der Waals surface area contributed by atoms with E-state index in [2.05, 4.69) is 0 Å². The summed E-state index contributed by atoms with van der Waals surface area (Å²) in [5, 5.41) is 9.13. The van der Waals surface area contributed by atoms with Crippen LogP contribution < -0.4 is 9.47 Å². The number of benzene rings is 2. The summed E-state index contributed by atoms with van der Waals surface area (Å²) in [6.45, 7) is 0.434. The van der Waals surface area contributed by atoms with Gasteiger partial charge in [-0.3, -0.25) is 0 Å². The minimum Gasteiger partial charge on any atom is -0.496 e. The second-order valence-electron chi connectivity index (χ2n) is 3.91. The number of hydrogen-bond acceptors (Lipinski definition) is 3. The maximum Gasteiger partial charge on any atom is 0.125 e. The van der Waals surface area contributed by atoms with Crippen LogP contribution >= 0.6 is 0 Å². The molecule has 1 N–H and O–H groups in total. The van der Waals surface area contributed by atoms with Gasteiger partial charge in [-0.15, -0.1) is 0 Å². The predicted molar refractivity (Wildman–Crippen MR) is 69.7 cm³/mol. The monoisotopic (exact) mass is 244 g/mol. The predicted octanol–water partition coefficient (Wildman–Crippen LogP) is 2.77. The van der Waals surface area contributed by atoms with Gasteiger partial charge in [0.15, 0.2) is 0 Å². The van der Waals surface area contributed by atoms with Crippen LogP contribution in [0.5, 0.6) is 11.5 Å². The molecule has 2 rings (SSSR count). The highest BCUT2D eigenvalue weighted by Gasteiger charge is 2.05. The third-order valence-electron chi connectivity index (χ3n) is 2.66. The molecule has 0 amide bonds. The van der Waals surface area contributed by atoms with Crippen LogP contribution in [0, 0.1) is 0 Å². The first kappa shape index (κ1) is 12.5. The molecule has 3 nitrogen and oxygen atoms in total. The van der Waals surface area contributed by atoms with Gasteiger partial charge in [-0.2, -0.15) is 0 Å². The maximum absolute atomic E-state index is 9.13. The second kappa shape index (κ2) is 6.07. The molecule has 0 aromatic heterocycles. The van der Waals surface area contributed by atoms with E-state index in [0.717, 1.165) is 22.6 Å². The van der Waals surface area contributed by atoms with Gasteiger partial charge >= 0.3 is 0 Å². The number of para-hydroxylation sites is 1. The van der Waals surface area contributed by atoms with Crippen molar-refractivity contribution in [3.8, 4) is 11.5 Å². The number of aliphatic hydroxyl groups is 1. The first-order valence-corrected chi connectivity index (χ1v) is 5.78. The summed E-state index contributed by atoms with van der Waals surface area (Å²) in [6.07, 6.45) is 0. The Morgan fingerprint density at radius 3 is 2.50 bits per heavy atom. The molecule has 0 aliphatic heterocycles. The summed E-state index contributed by atoms with van der Waals surface area (Å²) in [7, 11) is 1.62. The third-order valence-corrected chi connectivity index (χ3v) is 2.66. The van der Waals surface area contributed by atoms with Gasteiger partial charge in [0.2, 0.25) is 0 Å². The standard InChI is InChI=1S/C15H16O3/c1-17-15-8-7-12(10-16)9-13(15)11-18-14-5-3-2-4-6-14/h2-9,16H,10-11H2,1H3. The van der Waals surface area contributed by atoms with Crippen molar-refractivity contribution in [1.82, 2.24) is 0 Å². The van der Waals surface area contributed by atoms with E-state index in [4.69, 9.17) is 14.6 Å². The van der Waals surface area contributed by atoms with Gasteiger partial charge < -0.3 is 14.6 Å². The molecule has 18 heavy (non-hydrogen) atoms. The van der Waals surface area contributed by atoms with E-state index in [-0.39, 0.29) is 6.61 Å². The van der Waals surface area contributed by atoms with E-state index in [1.807, 2.05) is 48.5 Å². The molecular formula is C15H16O3. The van der Waals surface area contributed by atoms with Crippen molar-refractivity contribution in [2.75, 3.05) is 7.11 Å². The SMILES string of the molecule is COc1ccc(CO)cc1COc1ccccc1. The fraction of sp³-hybridized carbons (Fsp3) is 0.200. The minimum absolute atomic E-state index is 0.0162. The van der Waals surface area contributed by atoms with Gasteiger partial charge in [0, 0.05) is 5.56 Å². The molecule has 2 aromatic rings. The van der Waals surface area contributed by atoms with E-state index in [9.17, 15) is 0 Å². The van der Waals surface area contributed by atoms with Crippen molar-refractivity contribution in [1.29, 1.82) is 0 Å². The maximum atomic E-state index is 9.13. The summed E-state index contributed by atoms with van der Waals surface area (Å²) < 4.78 is 10.9. The lowest BCUT2D eigenvalue weighted by molar-refractivity contribution is 0.278. The Balaban J connectivity index is 2.12. The fourth-order valence-electron chi connectivity index (χ4n) is 1.72. The van der Waals surface area contributed by atoms with Crippen LogP contribution in [0.4, 0.5) is 0 Å². The summed E-state index contributed by atoms with van der Waals surface area (Å²) in [5.74, 6) is 1.58. The van der Waals surface area contributed by atoms with Gasteiger partial charge in [0.25, 0.3) is 0 Å². The molecule has 0 saturated carbocycles. The van der Waals surface area contributed by atoms with Gasteiger partial charge in [0.05, 0.1) is 13.7 Å². The highest BCUT2D eigenvalue weighted by Crippen LogP contribution is 2.22. The lowest BCUT2D eigenvalue weighted by atomic mass is 10.1. The van der Waals surface area contributed by atoms with Crippen molar-refractivity contribution in [3.05, 3.63) is 59.7 Å². The van der Waals surface area contributed by atoms with Gasteiger partial charge in [0.1, 0.15) is 18.1 Å². The lowest BCUT2D eigenvalue weighted by Crippen LogP contribution is -2.00. The summed E-state index contributed by atoms with van der Waals surface area (Å²) in [6, 6.07) is 15.2. The molecule has 0 unspecified atom stereocenters. The zero-order valence-electron chi connectivity index (χ0n) is 10.3. The molecule has 2 aromatic carbocycles. The Bertz CT molecular complexity index is 494. The van der Waals surface area contributed by atoms with Crippen LogP contribution in [-0.2, 0) is 13.2 Å². The van der Waals surface area contributed by atoms with Crippen LogP contribution in [0.15, 0.2) is 48.5 Å². The Hall–Kier alpha value is -2.00. The molecule has 0 atom stereocenters. The molecule has 94 valence electrons. The van der Waals surface area contributed by atoms with Crippen LogP contribution in [0.2, 0.25) is 0 Å². The molecule has 0 aliphatic rings. The van der Waals surface area contributed by atoms with Gasteiger partial charge in [-0.1, -0.05) is 24.3 Å². The van der Waals surface area contributed by atoms with E-state index >= 15 is 0 Å². The Kier molecular flexibility index (Phi) is 4.20. The highest BCUT2D eigenvalue weighted by atomic mass is 16.5. The molecule has 0 heterocycles. The average molecular weight is 244 g/mol. The van der Waals surface area contributed by atoms with Crippen LogP contribution in [0.1, 0.15) is 11.1 Å². The first-order chi connectivity index (χ1) is 8.83. The third kappa shape index (κ3) is 3.02. The largest absolute Gasteiger partial charge is 0.496 e. The van der Waals surface area contributed by atoms with Crippen LogP contribution in [-0.4, -0.2) is 12.2 Å². The van der Waals surface area contributed by atoms with E-state index < -0.39 is 0 Å². The zero-order chi connectivity index (χ0) is 12.8. The fourth-order valence-corrected chi connectivity index (χ4v) is 1.72. The average Bonchev–Trinajstić information content (AvgIpc) is 2.45. The quantitative estimate of drug-likeness (QED) is 0.879. The summed E-state index contributed by atoms with van der Waals surface area (Å²) in [5.41, 5.74) is 1.77. The molecule has 0 fully saturated rings. The number of methoxy groups -OCH3 is 1. The highest BCUT2D eigenvalue weighted by molar-refractivity contribution is 5.37. The second-order valence-corrected chi connectivity index (χ2v) is 3.91. The molecule has 0 saturated heterocycles. The minimum atomic E-state index is 0.0162. The number of hydrogen-bond donors (Lipinski definition) is 1. The van der Waals surface area contributed by atoms with Crippen molar-refractivity contribution in [2.45, 2.75) is 13.2 Å². The number of ether oxygens (including phenoxy) is 2. The Morgan fingerprint density at radius 2 is 1.83 bits per heavy atom. The Labute approximate surface area is 107 Å². The smallest absolute Gasteiger partial charge is 0.125 e. The van der Waals surface area contributed by atoms with Crippen LogP contribution in [0.3, 0.4) is 0 Å². The topological polar surface area (TPSA) is 38.7 Å². The lowest BCUT2D eigenvalue weighted by Gasteiger charge is -2.11. The van der Waals surface area contributed by atoms with Gasteiger partial charge in [-0.25, -0.2) is 0 Å². The Morgan fingerprint density at radius 1 is 1.06 bits per heavy atom. The molecule has 3 heteroatoms. The van der Waals surface area contributed by atoms with E-state index in [1.165, 1.54) is 0 Å². The molecule has 0 bridgehead atoms. The number of aliphatic hydroxyl groups excluding tert-OH is 1. The summed E-state index contributed by atoms with van der Waals surface area (Å²) in [4.78, 5) is 0. The van der Waals surface area contributed by atoms with Crippen molar-refractivity contribution in [3.63, 3.8) is 0 Å². The zero-order valence-corrected chi connectivity index (χ0v) is 10.3. The molecular weight excluding hydrogens is 228 g/mol. The van der Waals surface area contributed by atoms with Crippen molar-refractivity contribution < 1.29 is 14.6 Å². The normalized spacial score (nSPS) is 10.1. The molecule has 0 spiro atoms. The van der Waals surface area contributed by atoms with Crippen molar-refractivity contribution in [2.24, 2.45) is 0 Å². The molecule has 0 aliphatic carbocycles. The van der Waals surface area contributed by atoms with Crippen molar-refractivity contribution >= 4 is 0 Å².